The van der Waals surface area contributed by atoms with Gasteiger partial charge >= 0.3 is 0 Å². The molecule has 0 aromatic heterocycles. The second kappa shape index (κ2) is 6.55. The Morgan fingerprint density at radius 3 is 2.67 bits per heavy atom. The topological polar surface area (TPSA) is 41.1 Å². The summed E-state index contributed by atoms with van der Waals surface area (Å²) in [6, 6.07) is 10.4. The van der Waals surface area contributed by atoms with Crippen molar-refractivity contribution in [1.82, 2.24) is 10.6 Å². The SMILES string of the molecule is CCCC(NC(=O)CC1CNC1)c1ccccc1. The van der Waals surface area contributed by atoms with Crippen molar-refractivity contribution in [2.75, 3.05) is 13.1 Å². The van der Waals surface area contributed by atoms with Crippen molar-refractivity contribution in [2.45, 2.75) is 32.2 Å². The van der Waals surface area contributed by atoms with Gasteiger partial charge in [-0.1, -0.05) is 43.7 Å². The Morgan fingerprint density at radius 2 is 2.11 bits per heavy atom. The van der Waals surface area contributed by atoms with Crippen molar-refractivity contribution in [2.24, 2.45) is 5.92 Å². The van der Waals surface area contributed by atoms with Gasteiger partial charge in [0.1, 0.15) is 0 Å². The predicted octanol–water partition coefficient (Wildman–Crippen LogP) is 2.25. The first kappa shape index (κ1) is 13.1. The molecule has 1 amide bonds. The van der Waals surface area contributed by atoms with Crippen LogP contribution in [0.4, 0.5) is 0 Å². The van der Waals surface area contributed by atoms with Crippen molar-refractivity contribution in [3.63, 3.8) is 0 Å². The second-order valence-electron chi connectivity index (χ2n) is 5.05. The van der Waals surface area contributed by atoms with E-state index in [9.17, 15) is 4.79 Å². The lowest BCUT2D eigenvalue weighted by Crippen LogP contribution is -2.44. The van der Waals surface area contributed by atoms with Gasteiger partial charge in [-0.25, -0.2) is 0 Å². The van der Waals surface area contributed by atoms with Crippen LogP contribution in [-0.4, -0.2) is 19.0 Å². The minimum Gasteiger partial charge on any atom is -0.349 e. The highest BCUT2D eigenvalue weighted by molar-refractivity contribution is 5.76. The van der Waals surface area contributed by atoms with Crippen molar-refractivity contribution in [3.05, 3.63) is 35.9 Å². The molecule has 1 unspecified atom stereocenters. The summed E-state index contributed by atoms with van der Waals surface area (Å²) < 4.78 is 0. The molecule has 2 rings (SSSR count). The number of benzene rings is 1. The fourth-order valence-corrected chi connectivity index (χ4v) is 2.30. The smallest absolute Gasteiger partial charge is 0.220 e. The number of nitrogens with one attached hydrogen (secondary N) is 2. The maximum Gasteiger partial charge on any atom is 0.220 e. The van der Waals surface area contributed by atoms with Gasteiger partial charge in [0.15, 0.2) is 0 Å². The van der Waals surface area contributed by atoms with E-state index in [1.54, 1.807) is 0 Å². The average molecular weight is 246 g/mol. The lowest BCUT2D eigenvalue weighted by molar-refractivity contribution is -0.123. The summed E-state index contributed by atoms with van der Waals surface area (Å²) in [6.45, 7) is 4.12. The molecular formula is C15H22N2O. The number of carbonyl (C=O) groups is 1. The van der Waals surface area contributed by atoms with E-state index in [1.165, 1.54) is 5.56 Å². The standard InChI is InChI=1S/C15H22N2O/c1-2-6-14(13-7-4-3-5-8-13)17-15(18)9-12-10-16-11-12/h3-5,7-8,12,14,16H,2,6,9-11H2,1H3,(H,17,18). The third kappa shape index (κ3) is 3.57. The number of hydrogen-bond donors (Lipinski definition) is 2. The number of hydrogen-bond acceptors (Lipinski definition) is 2. The first-order valence-electron chi connectivity index (χ1n) is 6.84. The minimum absolute atomic E-state index is 0.164. The number of carbonyl (C=O) groups excluding carboxylic acids is 1. The van der Waals surface area contributed by atoms with E-state index in [2.05, 4.69) is 29.7 Å². The predicted molar refractivity (Wildman–Crippen MR) is 73.2 cm³/mol. The average Bonchev–Trinajstić information content (AvgIpc) is 2.34. The van der Waals surface area contributed by atoms with Crippen LogP contribution in [0.2, 0.25) is 0 Å². The zero-order chi connectivity index (χ0) is 12.8. The zero-order valence-electron chi connectivity index (χ0n) is 11.0. The van der Waals surface area contributed by atoms with Crippen LogP contribution < -0.4 is 10.6 Å². The van der Waals surface area contributed by atoms with Gasteiger partial charge in [0.25, 0.3) is 0 Å². The third-order valence-corrected chi connectivity index (χ3v) is 3.45. The first-order chi connectivity index (χ1) is 8.79. The monoisotopic (exact) mass is 246 g/mol. The molecule has 1 aliphatic rings. The molecule has 0 bridgehead atoms. The molecule has 1 saturated heterocycles. The Kier molecular flexibility index (Phi) is 4.76. The van der Waals surface area contributed by atoms with E-state index < -0.39 is 0 Å². The molecule has 2 N–H and O–H groups in total. The molecule has 98 valence electrons. The Labute approximate surface area is 109 Å². The summed E-state index contributed by atoms with van der Waals surface area (Å²) in [5.41, 5.74) is 1.21. The molecule has 1 aromatic rings. The Morgan fingerprint density at radius 1 is 1.39 bits per heavy atom. The van der Waals surface area contributed by atoms with E-state index in [0.29, 0.717) is 12.3 Å². The van der Waals surface area contributed by atoms with Gasteiger partial charge in [-0.2, -0.15) is 0 Å². The fourth-order valence-electron chi connectivity index (χ4n) is 2.30. The molecule has 1 aliphatic heterocycles. The van der Waals surface area contributed by atoms with Crippen molar-refractivity contribution >= 4 is 5.91 Å². The second-order valence-corrected chi connectivity index (χ2v) is 5.05. The molecule has 3 nitrogen and oxygen atoms in total. The molecular weight excluding hydrogens is 224 g/mol. The third-order valence-electron chi connectivity index (χ3n) is 3.45. The van der Waals surface area contributed by atoms with E-state index in [0.717, 1.165) is 25.9 Å². The van der Waals surface area contributed by atoms with Crippen molar-refractivity contribution in [3.8, 4) is 0 Å². The maximum absolute atomic E-state index is 12.0. The van der Waals surface area contributed by atoms with Crippen LogP contribution in [0.3, 0.4) is 0 Å². The van der Waals surface area contributed by atoms with E-state index in [-0.39, 0.29) is 11.9 Å². The molecule has 0 spiro atoms. The summed E-state index contributed by atoms with van der Waals surface area (Å²) in [7, 11) is 0. The molecule has 0 radical (unpaired) electrons. The van der Waals surface area contributed by atoms with E-state index in [1.807, 2.05) is 18.2 Å². The van der Waals surface area contributed by atoms with E-state index in [4.69, 9.17) is 0 Å². The Balaban J connectivity index is 1.91. The van der Waals surface area contributed by atoms with Crippen LogP contribution in [0, 0.1) is 5.92 Å². The number of rotatable bonds is 6. The fraction of sp³-hybridized carbons (Fsp3) is 0.533. The molecule has 1 atom stereocenters. The molecule has 0 saturated carbocycles. The summed E-state index contributed by atoms with van der Waals surface area (Å²) in [5.74, 6) is 0.715. The van der Waals surface area contributed by atoms with Gasteiger partial charge in [0, 0.05) is 6.42 Å². The highest BCUT2D eigenvalue weighted by Crippen LogP contribution is 2.19. The summed E-state index contributed by atoms with van der Waals surface area (Å²) in [4.78, 5) is 12.0. The van der Waals surface area contributed by atoms with Crippen LogP contribution in [0.15, 0.2) is 30.3 Å². The summed E-state index contributed by atoms with van der Waals surface area (Å²) in [6.07, 6.45) is 2.73. The molecule has 18 heavy (non-hydrogen) atoms. The largest absolute Gasteiger partial charge is 0.349 e. The summed E-state index contributed by atoms with van der Waals surface area (Å²) >= 11 is 0. The molecule has 1 heterocycles. The highest BCUT2D eigenvalue weighted by Gasteiger charge is 2.21. The zero-order valence-corrected chi connectivity index (χ0v) is 11.0. The van der Waals surface area contributed by atoms with Crippen molar-refractivity contribution in [1.29, 1.82) is 0 Å². The number of amides is 1. The van der Waals surface area contributed by atoms with Crippen molar-refractivity contribution < 1.29 is 4.79 Å². The molecule has 0 aliphatic carbocycles. The van der Waals surface area contributed by atoms with Crippen LogP contribution in [0.25, 0.3) is 0 Å². The molecule has 3 heteroatoms. The Bertz CT molecular complexity index is 373. The molecule has 1 fully saturated rings. The van der Waals surface area contributed by atoms with Gasteiger partial charge in [0.05, 0.1) is 6.04 Å². The van der Waals surface area contributed by atoms with Crippen LogP contribution in [0.1, 0.15) is 37.8 Å². The lowest BCUT2D eigenvalue weighted by atomic mass is 9.97. The van der Waals surface area contributed by atoms with Crippen LogP contribution in [-0.2, 0) is 4.79 Å². The first-order valence-corrected chi connectivity index (χ1v) is 6.84. The van der Waals surface area contributed by atoms with Gasteiger partial charge in [-0.05, 0) is 31.0 Å². The van der Waals surface area contributed by atoms with Crippen LogP contribution in [0.5, 0.6) is 0 Å². The highest BCUT2D eigenvalue weighted by atomic mass is 16.1. The minimum atomic E-state index is 0.164. The quantitative estimate of drug-likeness (QED) is 0.808. The van der Waals surface area contributed by atoms with E-state index >= 15 is 0 Å². The van der Waals surface area contributed by atoms with Crippen LogP contribution >= 0.6 is 0 Å². The van der Waals surface area contributed by atoms with Gasteiger partial charge in [-0.3, -0.25) is 4.79 Å². The van der Waals surface area contributed by atoms with Gasteiger partial charge in [-0.15, -0.1) is 0 Å². The summed E-state index contributed by atoms with van der Waals surface area (Å²) in [5, 5.41) is 6.36. The normalized spacial score (nSPS) is 16.9. The van der Waals surface area contributed by atoms with Gasteiger partial charge < -0.3 is 10.6 Å². The lowest BCUT2D eigenvalue weighted by Gasteiger charge is -2.27. The maximum atomic E-state index is 12.0. The van der Waals surface area contributed by atoms with Gasteiger partial charge in [0.2, 0.25) is 5.91 Å². The Hall–Kier alpha value is -1.35. The molecule has 1 aromatic carbocycles.